The molecular formula is C10H20O5. The van der Waals surface area contributed by atoms with Crippen molar-refractivity contribution >= 4 is 11.9 Å². The summed E-state index contributed by atoms with van der Waals surface area (Å²) in [6.07, 6.45) is -0.495. The van der Waals surface area contributed by atoms with Gasteiger partial charge in [0, 0.05) is 6.42 Å². The van der Waals surface area contributed by atoms with Gasteiger partial charge >= 0.3 is 11.9 Å². The van der Waals surface area contributed by atoms with Crippen LogP contribution in [-0.2, 0) is 19.1 Å². The summed E-state index contributed by atoms with van der Waals surface area (Å²) in [4.78, 5) is 20.4. The molecule has 0 aliphatic carbocycles. The smallest absolute Gasteiger partial charge is 0.334 e. The van der Waals surface area contributed by atoms with E-state index in [4.69, 9.17) is 9.84 Å². The van der Waals surface area contributed by atoms with Crippen molar-refractivity contribution in [3.63, 3.8) is 0 Å². The van der Waals surface area contributed by atoms with Crippen LogP contribution >= 0.6 is 0 Å². The standard InChI is InChI=1S/C6H12O2.C4H8O3/c1-4-6(7)8-5(2)3;1-3(5)4(6)7-2/h5H,4H2,1-3H3;3,5H,1-2H3. The van der Waals surface area contributed by atoms with Crippen LogP contribution in [0.2, 0.25) is 0 Å². The lowest BCUT2D eigenvalue weighted by molar-refractivity contribution is -0.149. The van der Waals surface area contributed by atoms with E-state index in [9.17, 15) is 9.59 Å². The van der Waals surface area contributed by atoms with E-state index in [0.29, 0.717) is 6.42 Å². The summed E-state index contributed by atoms with van der Waals surface area (Å²) >= 11 is 0. The Balaban J connectivity index is 0. The fourth-order valence-corrected chi connectivity index (χ4v) is 0.517. The van der Waals surface area contributed by atoms with Crippen LogP contribution < -0.4 is 0 Å². The number of aliphatic hydroxyl groups excluding tert-OH is 1. The Bertz CT molecular complexity index is 186. The molecule has 0 heterocycles. The minimum absolute atomic E-state index is 0.0300. The summed E-state index contributed by atoms with van der Waals surface area (Å²) in [5.41, 5.74) is 0. The fraction of sp³-hybridized carbons (Fsp3) is 0.800. The minimum atomic E-state index is -0.995. The van der Waals surface area contributed by atoms with Crippen LogP contribution in [0.5, 0.6) is 0 Å². The molecule has 0 aliphatic rings. The number of carbonyl (C=O) groups excluding carboxylic acids is 2. The number of ether oxygens (including phenoxy) is 2. The molecule has 1 N–H and O–H groups in total. The summed E-state index contributed by atoms with van der Waals surface area (Å²) < 4.78 is 8.88. The SMILES string of the molecule is CCC(=O)OC(C)C.COC(=O)C(C)O. The average Bonchev–Trinajstić information content (AvgIpc) is 2.16. The Morgan fingerprint density at radius 2 is 1.73 bits per heavy atom. The molecule has 0 aromatic rings. The molecule has 0 saturated carbocycles. The number of hydrogen-bond acceptors (Lipinski definition) is 5. The Labute approximate surface area is 90.4 Å². The first-order chi connectivity index (χ1) is 6.84. The lowest BCUT2D eigenvalue weighted by Crippen LogP contribution is -2.16. The number of hydrogen-bond donors (Lipinski definition) is 1. The molecule has 0 fully saturated rings. The molecule has 0 amide bonds. The molecule has 0 spiro atoms. The number of rotatable bonds is 3. The van der Waals surface area contributed by atoms with E-state index in [1.54, 1.807) is 6.92 Å². The lowest BCUT2D eigenvalue weighted by Gasteiger charge is -2.04. The second-order valence-corrected chi connectivity index (χ2v) is 3.09. The van der Waals surface area contributed by atoms with Gasteiger partial charge in [-0.2, -0.15) is 0 Å². The van der Waals surface area contributed by atoms with Crippen molar-refractivity contribution in [3.8, 4) is 0 Å². The van der Waals surface area contributed by atoms with Gasteiger partial charge < -0.3 is 14.6 Å². The van der Waals surface area contributed by atoms with E-state index in [1.165, 1.54) is 14.0 Å². The molecule has 5 heteroatoms. The van der Waals surface area contributed by atoms with E-state index < -0.39 is 12.1 Å². The van der Waals surface area contributed by atoms with Crippen LogP contribution in [-0.4, -0.2) is 36.4 Å². The van der Waals surface area contributed by atoms with Crippen molar-refractivity contribution < 1.29 is 24.2 Å². The van der Waals surface area contributed by atoms with Crippen LogP contribution in [0.4, 0.5) is 0 Å². The van der Waals surface area contributed by atoms with Crippen LogP contribution in [0.15, 0.2) is 0 Å². The van der Waals surface area contributed by atoms with Gasteiger partial charge in [0.2, 0.25) is 0 Å². The van der Waals surface area contributed by atoms with E-state index in [2.05, 4.69) is 4.74 Å². The molecule has 15 heavy (non-hydrogen) atoms. The largest absolute Gasteiger partial charge is 0.467 e. The molecule has 5 nitrogen and oxygen atoms in total. The van der Waals surface area contributed by atoms with E-state index in [1.807, 2.05) is 13.8 Å². The quantitative estimate of drug-likeness (QED) is 0.715. The van der Waals surface area contributed by atoms with Gasteiger partial charge in [-0.25, -0.2) is 4.79 Å². The summed E-state index contributed by atoms with van der Waals surface area (Å²) in [7, 11) is 1.23. The highest BCUT2D eigenvalue weighted by atomic mass is 16.5. The fourth-order valence-electron chi connectivity index (χ4n) is 0.517. The second kappa shape index (κ2) is 9.45. The molecule has 1 atom stereocenters. The van der Waals surface area contributed by atoms with E-state index >= 15 is 0 Å². The van der Waals surface area contributed by atoms with Crippen LogP contribution in [0.3, 0.4) is 0 Å². The molecule has 0 aliphatic heterocycles. The number of methoxy groups -OCH3 is 1. The molecular weight excluding hydrogens is 200 g/mol. The predicted molar refractivity (Wildman–Crippen MR) is 55.2 cm³/mol. The van der Waals surface area contributed by atoms with Gasteiger partial charge in [0.05, 0.1) is 13.2 Å². The maximum absolute atomic E-state index is 10.4. The van der Waals surface area contributed by atoms with Crippen molar-refractivity contribution in [1.29, 1.82) is 0 Å². The molecule has 90 valence electrons. The van der Waals surface area contributed by atoms with Crippen molar-refractivity contribution in [1.82, 2.24) is 0 Å². The van der Waals surface area contributed by atoms with Gasteiger partial charge in [-0.1, -0.05) is 6.92 Å². The zero-order chi connectivity index (χ0) is 12.4. The van der Waals surface area contributed by atoms with Crippen molar-refractivity contribution in [3.05, 3.63) is 0 Å². The molecule has 0 saturated heterocycles. The molecule has 0 radical (unpaired) electrons. The molecule has 0 aromatic carbocycles. The maximum Gasteiger partial charge on any atom is 0.334 e. The Hall–Kier alpha value is -1.10. The highest BCUT2D eigenvalue weighted by Gasteiger charge is 2.05. The van der Waals surface area contributed by atoms with Crippen LogP contribution in [0.1, 0.15) is 34.1 Å². The number of carbonyl (C=O) groups is 2. The van der Waals surface area contributed by atoms with Gasteiger partial charge in [-0.05, 0) is 20.8 Å². The Kier molecular flexibility index (Phi) is 10.3. The zero-order valence-corrected chi connectivity index (χ0v) is 9.94. The molecule has 0 aromatic heterocycles. The van der Waals surface area contributed by atoms with Gasteiger partial charge in [-0.15, -0.1) is 0 Å². The van der Waals surface area contributed by atoms with Crippen molar-refractivity contribution in [2.24, 2.45) is 0 Å². The normalized spacial score (nSPS) is 11.1. The van der Waals surface area contributed by atoms with Gasteiger partial charge in [0.25, 0.3) is 0 Å². The third kappa shape index (κ3) is 12.9. The summed E-state index contributed by atoms with van der Waals surface area (Å²) in [5, 5.41) is 8.35. The molecule has 0 rings (SSSR count). The summed E-state index contributed by atoms with van der Waals surface area (Å²) in [6.45, 7) is 6.82. The van der Waals surface area contributed by atoms with Crippen LogP contribution in [0, 0.1) is 0 Å². The highest BCUT2D eigenvalue weighted by molar-refractivity contribution is 5.73. The van der Waals surface area contributed by atoms with E-state index in [-0.39, 0.29) is 12.1 Å². The van der Waals surface area contributed by atoms with Gasteiger partial charge in [0.1, 0.15) is 6.10 Å². The second-order valence-electron chi connectivity index (χ2n) is 3.09. The summed E-state index contributed by atoms with van der Waals surface area (Å²) in [5.74, 6) is -0.722. The zero-order valence-electron chi connectivity index (χ0n) is 9.94. The lowest BCUT2D eigenvalue weighted by atomic mass is 10.4. The topological polar surface area (TPSA) is 72.8 Å². The van der Waals surface area contributed by atoms with Gasteiger partial charge in [-0.3, -0.25) is 4.79 Å². The minimum Gasteiger partial charge on any atom is -0.467 e. The first-order valence-corrected chi connectivity index (χ1v) is 4.80. The number of aliphatic hydroxyl groups is 1. The third-order valence-electron chi connectivity index (χ3n) is 1.20. The number of esters is 2. The van der Waals surface area contributed by atoms with Crippen molar-refractivity contribution in [2.45, 2.75) is 46.3 Å². The predicted octanol–water partition coefficient (Wildman–Crippen LogP) is 0.888. The average molecular weight is 220 g/mol. The Morgan fingerprint density at radius 3 is 1.80 bits per heavy atom. The highest BCUT2D eigenvalue weighted by Crippen LogP contribution is 1.90. The first-order valence-electron chi connectivity index (χ1n) is 4.80. The Morgan fingerprint density at radius 1 is 1.27 bits per heavy atom. The first kappa shape index (κ1) is 16.3. The van der Waals surface area contributed by atoms with Crippen LogP contribution in [0.25, 0.3) is 0 Å². The summed E-state index contributed by atoms with van der Waals surface area (Å²) in [6, 6.07) is 0. The third-order valence-corrected chi connectivity index (χ3v) is 1.20. The molecule has 1 unspecified atom stereocenters. The molecule has 0 bridgehead atoms. The maximum atomic E-state index is 10.4. The van der Waals surface area contributed by atoms with Crippen molar-refractivity contribution in [2.75, 3.05) is 7.11 Å². The van der Waals surface area contributed by atoms with E-state index in [0.717, 1.165) is 0 Å². The monoisotopic (exact) mass is 220 g/mol. The van der Waals surface area contributed by atoms with Gasteiger partial charge in [0.15, 0.2) is 0 Å².